The van der Waals surface area contributed by atoms with Crippen molar-refractivity contribution in [3.05, 3.63) is 147 Å². The fraction of sp³-hybridized carbons (Fsp3) is 0.195. The highest BCUT2D eigenvalue weighted by Crippen LogP contribution is 2.52. The van der Waals surface area contributed by atoms with E-state index in [2.05, 4.69) is 116 Å². The minimum atomic E-state index is 0.578. The van der Waals surface area contributed by atoms with Gasteiger partial charge in [-0.1, -0.05) is 84.5 Å². The number of pyridine rings is 1. The van der Waals surface area contributed by atoms with Gasteiger partial charge < -0.3 is 4.42 Å². The van der Waals surface area contributed by atoms with E-state index in [0.29, 0.717) is 5.25 Å². The normalized spacial score (nSPS) is 19.8. The second-order valence-electron chi connectivity index (χ2n) is 12.4. The predicted molar refractivity (Wildman–Crippen MR) is 186 cm³/mol. The van der Waals surface area contributed by atoms with Gasteiger partial charge in [-0.2, -0.15) is 0 Å². The van der Waals surface area contributed by atoms with Crippen LogP contribution in [-0.4, -0.2) is 10.2 Å². The van der Waals surface area contributed by atoms with Gasteiger partial charge in [0, 0.05) is 39.1 Å². The molecule has 3 aromatic carbocycles. The van der Waals surface area contributed by atoms with Gasteiger partial charge in [-0.3, -0.25) is 4.98 Å². The Bertz CT molecular complexity index is 2220. The van der Waals surface area contributed by atoms with Crippen molar-refractivity contribution in [2.75, 3.05) is 0 Å². The van der Waals surface area contributed by atoms with E-state index in [1.807, 2.05) is 6.07 Å². The Morgan fingerprint density at radius 3 is 2.64 bits per heavy atom. The first-order chi connectivity index (χ1) is 21.7. The summed E-state index contributed by atoms with van der Waals surface area (Å²) in [7, 11) is 0. The fourth-order valence-corrected chi connectivity index (χ4v) is 9.15. The number of furan rings is 1. The van der Waals surface area contributed by atoms with E-state index < -0.39 is 0 Å². The number of rotatable bonds is 4. The first kappa shape index (κ1) is 26.1. The molecule has 0 saturated heterocycles. The smallest absolute Gasteiger partial charge is 0.143 e. The second kappa shape index (κ2) is 10.4. The Labute approximate surface area is 262 Å². The molecule has 4 aliphatic rings. The van der Waals surface area contributed by atoms with E-state index in [0.717, 1.165) is 69.8 Å². The largest absolute Gasteiger partial charge is 0.455 e. The van der Waals surface area contributed by atoms with Crippen molar-refractivity contribution in [1.29, 1.82) is 0 Å². The molecule has 0 radical (unpaired) electrons. The van der Waals surface area contributed by atoms with Gasteiger partial charge in [-0.05, 0) is 102 Å². The van der Waals surface area contributed by atoms with Crippen LogP contribution in [0.3, 0.4) is 0 Å². The first-order valence-electron chi connectivity index (χ1n) is 15.9. The lowest BCUT2D eigenvalue weighted by molar-refractivity contribution is 0.670. The molecule has 3 heteroatoms. The van der Waals surface area contributed by atoms with Crippen LogP contribution in [-0.2, 0) is 6.42 Å². The number of hydrogen-bond acceptors (Lipinski definition) is 3. The number of allylic oxidation sites excluding steroid dienone is 11. The van der Waals surface area contributed by atoms with E-state index in [1.165, 1.54) is 51.8 Å². The van der Waals surface area contributed by atoms with E-state index in [1.54, 1.807) is 4.91 Å². The van der Waals surface area contributed by atoms with Crippen molar-refractivity contribution in [3.8, 4) is 11.1 Å². The van der Waals surface area contributed by atoms with Crippen LogP contribution < -0.4 is 0 Å². The molecule has 0 spiro atoms. The van der Waals surface area contributed by atoms with Crippen LogP contribution in [0.15, 0.2) is 146 Å². The minimum absolute atomic E-state index is 0.578. The molecule has 2 nitrogen and oxygen atoms in total. The van der Waals surface area contributed by atoms with Crippen molar-refractivity contribution < 1.29 is 4.42 Å². The van der Waals surface area contributed by atoms with Crippen LogP contribution in [0.25, 0.3) is 44.0 Å². The molecule has 3 aliphatic carbocycles. The molecule has 2 aromatic heterocycles. The van der Waals surface area contributed by atoms with E-state index in [9.17, 15) is 0 Å². The van der Waals surface area contributed by atoms with E-state index >= 15 is 0 Å². The van der Waals surface area contributed by atoms with Gasteiger partial charge >= 0.3 is 0 Å². The molecule has 0 N–H and O–H groups in total. The maximum Gasteiger partial charge on any atom is 0.143 e. The molecular weight excluding hydrogens is 555 g/mol. The maximum atomic E-state index is 6.49. The first-order valence-corrected chi connectivity index (χ1v) is 16.8. The third-order valence-electron chi connectivity index (χ3n) is 9.69. The number of benzene rings is 3. The van der Waals surface area contributed by atoms with Crippen LogP contribution in [0, 0.1) is 0 Å². The van der Waals surface area contributed by atoms with Gasteiger partial charge in [0.05, 0.1) is 5.52 Å². The number of thioether (sulfide) groups is 1. The summed E-state index contributed by atoms with van der Waals surface area (Å²) in [6.45, 7) is 2.35. The molecule has 0 amide bonds. The standard InChI is InChI=1S/C41H33NOS/c1-25-21-40-36(31-15-6-9-20-39(31)44-40)24-34(25)28-12-3-2-11-26(28)22-27-23-35(29-13-4-7-18-37(29)42-27)33-17-10-16-32-30-14-5-8-19-38(30)43-41(32)33/h4-8,10-19,23-24,40H,2-3,9,20-22H2,1H3. The van der Waals surface area contributed by atoms with Crippen LogP contribution in [0.4, 0.5) is 0 Å². The summed E-state index contributed by atoms with van der Waals surface area (Å²) in [5.74, 6) is 0. The molecule has 5 aromatic rings. The highest BCUT2D eigenvalue weighted by molar-refractivity contribution is 8.04. The second-order valence-corrected chi connectivity index (χ2v) is 13.7. The van der Waals surface area contributed by atoms with Crippen molar-refractivity contribution in [3.63, 3.8) is 0 Å². The van der Waals surface area contributed by atoms with Gasteiger partial charge in [0.1, 0.15) is 11.2 Å². The molecule has 9 rings (SSSR count). The highest BCUT2D eigenvalue weighted by atomic mass is 32.2. The summed E-state index contributed by atoms with van der Waals surface area (Å²) >= 11 is 2.11. The van der Waals surface area contributed by atoms with Gasteiger partial charge in [0.15, 0.2) is 0 Å². The molecule has 1 unspecified atom stereocenters. The zero-order valence-electron chi connectivity index (χ0n) is 24.9. The molecule has 214 valence electrons. The monoisotopic (exact) mass is 587 g/mol. The third-order valence-corrected chi connectivity index (χ3v) is 11.1. The number of nitrogens with zero attached hydrogens (tertiary/aromatic N) is 1. The maximum absolute atomic E-state index is 6.49. The number of para-hydroxylation sites is 3. The van der Waals surface area contributed by atoms with Crippen LogP contribution in [0.5, 0.6) is 0 Å². The molecule has 1 atom stereocenters. The van der Waals surface area contributed by atoms with Crippen molar-refractivity contribution >= 4 is 44.6 Å². The molecule has 0 saturated carbocycles. The van der Waals surface area contributed by atoms with Crippen LogP contribution in [0.2, 0.25) is 0 Å². The van der Waals surface area contributed by atoms with Gasteiger partial charge in [-0.25, -0.2) is 0 Å². The molecule has 44 heavy (non-hydrogen) atoms. The number of hydrogen-bond donors (Lipinski definition) is 0. The molecule has 3 heterocycles. The summed E-state index contributed by atoms with van der Waals surface area (Å²) in [5, 5.41) is 4.05. The molecule has 0 bridgehead atoms. The lowest BCUT2D eigenvalue weighted by atomic mass is 9.80. The van der Waals surface area contributed by atoms with Crippen molar-refractivity contribution in [2.45, 2.75) is 50.7 Å². The zero-order valence-corrected chi connectivity index (χ0v) is 25.7. The lowest BCUT2D eigenvalue weighted by Gasteiger charge is -2.26. The van der Waals surface area contributed by atoms with Crippen molar-refractivity contribution in [2.24, 2.45) is 0 Å². The zero-order chi connectivity index (χ0) is 29.2. The average molecular weight is 588 g/mol. The Morgan fingerprint density at radius 1 is 0.841 bits per heavy atom. The summed E-state index contributed by atoms with van der Waals surface area (Å²) in [6, 6.07) is 25.7. The topological polar surface area (TPSA) is 26.0 Å². The third kappa shape index (κ3) is 4.21. The van der Waals surface area contributed by atoms with Crippen molar-refractivity contribution in [1.82, 2.24) is 4.98 Å². The quantitative estimate of drug-likeness (QED) is 0.209. The SMILES string of the molecule is CC1=C(C2=CCCC=C2Cc2cc(-c3cccc4c3oc3ccccc34)c3ccccc3n2)C=C2C3=C(CCC=C3)SC2C1. The fourth-order valence-electron chi connectivity index (χ4n) is 7.60. The van der Waals surface area contributed by atoms with Crippen LogP contribution >= 0.6 is 11.8 Å². The summed E-state index contributed by atoms with van der Waals surface area (Å²) in [6.07, 6.45) is 18.7. The van der Waals surface area contributed by atoms with Gasteiger partial charge in [-0.15, -0.1) is 11.8 Å². The summed E-state index contributed by atoms with van der Waals surface area (Å²) < 4.78 is 6.49. The lowest BCUT2D eigenvalue weighted by Crippen LogP contribution is -2.13. The van der Waals surface area contributed by atoms with E-state index in [-0.39, 0.29) is 0 Å². The number of fused-ring (bicyclic) bond motifs is 6. The molecular formula is C41H33NOS. The Balaban J connectivity index is 1.13. The molecule has 1 aliphatic heterocycles. The predicted octanol–water partition coefficient (Wildman–Crippen LogP) is 11.4. The Kier molecular flexibility index (Phi) is 6.16. The summed E-state index contributed by atoms with van der Waals surface area (Å²) in [4.78, 5) is 6.83. The summed E-state index contributed by atoms with van der Waals surface area (Å²) in [5.41, 5.74) is 15.1. The van der Waals surface area contributed by atoms with Gasteiger partial charge in [0.2, 0.25) is 0 Å². The Hall–Kier alpha value is -4.34. The van der Waals surface area contributed by atoms with Gasteiger partial charge in [0.25, 0.3) is 0 Å². The molecule has 0 fully saturated rings. The van der Waals surface area contributed by atoms with Crippen LogP contribution in [0.1, 0.15) is 44.7 Å². The minimum Gasteiger partial charge on any atom is -0.455 e. The van der Waals surface area contributed by atoms with E-state index in [4.69, 9.17) is 9.40 Å². The highest BCUT2D eigenvalue weighted by Gasteiger charge is 2.33. The number of aromatic nitrogens is 1. The average Bonchev–Trinajstić information content (AvgIpc) is 3.62. The Morgan fingerprint density at radius 2 is 1.68 bits per heavy atom.